The first-order valence-corrected chi connectivity index (χ1v) is 8.10. The monoisotopic (exact) mass is 318 g/mol. The highest BCUT2D eigenvalue weighted by molar-refractivity contribution is 5.33. The van der Waals surface area contributed by atoms with Gasteiger partial charge in [0.2, 0.25) is 0 Å². The van der Waals surface area contributed by atoms with E-state index in [1.807, 2.05) is 29.3 Å². The van der Waals surface area contributed by atoms with Crippen LogP contribution in [0.1, 0.15) is 22.6 Å². The second-order valence-electron chi connectivity index (χ2n) is 5.97. The molecule has 3 N–H and O–H groups in total. The van der Waals surface area contributed by atoms with Gasteiger partial charge >= 0.3 is 0 Å². The Morgan fingerprint density at radius 3 is 1.75 bits per heavy atom. The van der Waals surface area contributed by atoms with Crippen LogP contribution in [0.25, 0.3) is 0 Å². The Morgan fingerprint density at radius 1 is 0.750 bits per heavy atom. The Labute approximate surface area is 143 Å². The lowest BCUT2D eigenvalue weighted by Crippen LogP contribution is -2.34. The van der Waals surface area contributed by atoms with E-state index in [-0.39, 0.29) is 11.7 Å². The number of phenols is 1. The van der Waals surface area contributed by atoms with Crippen molar-refractivity contribution in [2.45, 2.75) is 12.5 Å². The van der Waals surface area contributed by atoms with Crippen LogP contribution >= 0.6 is 0 Å². The van der Waals surface area contributed by atoms with E-state index in [0.29, 0.717) is 6.54 Å². The van der Waals surface area contributed by atoms with E-state index in [2.05, 4.69) is 48.5 Å². The first-order valence-electron chi connectivity index (χ1n) is 8.10. The Balaban J connectivity index is 1.77. The van der Waals surface area contributed by atoms with Crippen molar-refractivity contribution in [1.29, 1.82) is 0 Å². The molecule has 0 bridgehead atoms. The number of nitrogens with zero attached hydrogens (tertiary/aromatic N) is 1. The molecule has 0 amide bonds. The van der Waals surface area contributed by atoms with E-state index in [1.54, 1.807) is 12.1 Å². The lowest BCUT2D eigenvalue weighted by atomic mass is 9.91. The molecule has 122 valence electrons. The molecule has 3 rings (SSSR count). The van der Waals surface area contributed by atoms with Crippen molar-refractivity contribution in [2.24, 2.45) is 5.84 Å². The minimum absolute atomic E-state index is 0.217. The summed E-state index contributed by atoms with van der Waals surface area (Å²) in [6, 6.07) is 28.1. The number of phenolic OH excluding ortho intramolecular Hbond substituents is 1. The van der Waals surface area contributed by atoms with Crippen LogP contribution in [0.15, 0.2) is 84.9 Å². The van der Waals surface area contributed by atoms with Gasteiger partial charge in [-0.2, -0.15) is 0 Å². The normalized spacial score (nSPS) is 11.1. The van der Waals surface area contributed by atoms with Gasteiger partial charge in [0.1, 0.15) is 5.75 Å². The van der Waals surface area contributed by atoms with Gasteiger partial charge in [-0.3, -0.25) is 5.84 Å². The molecule has 24 heavy (non-hydrogen) atoms. The number of aromatic hydroxyl groups is 1. The Kier molecular flexibility index (Phi) is 5.26. The largest absolute Gasteiger partial charge is 0.508 e. The molecule has 0 atom stereocenters. The van der Waals surface area contributed by atoms with Crippen molar-refractivity contribution in [3.8, 4) is 5.75 Å². The number of hydrogen-bond acceptors (Lipinski definition) is 3. The average Bonchev–Trinajstić information content (AvgIpc) is 2.63. The molecular weight excluding hydrogens is 296 g/mol. The van der Waals surface area contributed by atoms with E-state index < -0.39 is 0 Å². The minimum Gasteiger partial charge on any atom is -0.508 e. The molecule has 0 unspecified atom stereocenters. The zero-order valence-electron chi connectivity index (χ0n) is 13.5. The van der Waals surface area contributed by atoms with Gasteiger partial charge < -0.3 is 5.11 Å². The summed E-state index contributed by atoms with van der Waals surface area (Å²) in [7, 11) is 0. The van der Waals surface area contributed by atoms with Gasteiger partial charge in [-0.15, -0.1) is 0 Å². The quantitative estimate of drug-likeness (QED) is 0.535. The van der Waals surface area contributed by atoms with Crippen molar-refractivity contribution in [3.63, 3.8) is 0 Å². The fraction of sp³-hybridized carbons (Fsp3) is 0.143. The van der Waals surface area contributed by atoms with Crippen LogP contribution in [0, 0.1) is 0 Å². The molecule has 3 nitrogen and oxygen atoms in total. The number of hydrazine groups is 1. The molecule has 0 aliphatic carbocycles. The summed E-state index contributed by atoms with van der Waals surface area (Å²) in [6.07, 6.45) is 0. The van der Waals surface area contributed by atoms with Crippen molar-refractivity contribution in [1.82, 2.24) is 5.01 Å². The molecule has 3 heteroatoms. The molecule has 0 radical (unpaired) electrons. The molecular formula is C21H22N2O. The minimum atomic E-state index is 0.217. The van der Waals surface area contributed by atoms with Crippen molar-refractivity contribution < 1.29 is 5.11 Å². The van der Waals surface area contributed by atoms with Gasteiger partial charge in [-0.25, -0.2) is 5.01 Å². The first kappa shape index (κ1) is 16.2. The van der Waals surface area contributed by atoms with Crippen LogP contribution in [-0.2, 0) is 6.54 Å². The molecule has 0 heterocycles. The maximum atomic E-state index is 9.39. The predicted molar refractivity (Wildman–Crippen MR) is 97.4 cm³/mol. The summed E-state index contributed by atoms with van der Waals surface area (Å²) in [5.41, 5.74) is 3.59. The van der Waals surface area contributed by atoms with Crippen LogP contribution in [0.2, 0.25) is 0 Å². The Hall–Kier alpha value is -2.62. The number of nitrogens with two attached hydrogens (primary N) is 1. The molecule has 3 aromatic rings. The van der Waals surface area contributed by atoms with Crippen molar-refractivity contribution in [2.75, 3.05) is 6.54 Å². The SMILES string of the molecule is NN(Cc1ccc(O)cc1)CC(c1ccccc1)c1ccccc1. The fourth-order valence-electron chi connectivity index (χ4n) is 2.91. The highest BCUT2D eigenvalue weighted by Crippen LogP contribution is 2.25. The summed E-state index contributed by atoms with van der Waals surface area (Å²) in [5, 5.41) is 11.2. The first-order chi connectivity index (χ1) is 11.7. The van der Waals surface area contributed by atoms with Crippen molar-refractivity contribution >= 4 is 0 Å². The van der Waals surface area contributed by atoms with Gasteiger partial charge in [-0.1, -0.05) is 72.8 Å². The van der Waals surface area contributed by atoms with Crippen LogP contribution in [-0.4, -0.2) is 16.7 Å². The van der Waals surface area contributed by atoms with Gasteiger partial charge in [-0.05, 0) is 28.8 Å². The third kappa shape index (κ3) is 4.22. The van der Waals surface area contributed by atoms with E-state index in [4.69, 9.17) is 5.84 Å². The van der Waals surface area contributed by atoms with Crippen LogP contribution in [0.3, 0.4) is 0 Å². The van der Waals surface area contributed by atoms with Gasteiger partial charge in [0, 0.05) is 19.0 Å². The molecule has 0 saturated carbocycles. The highest BCUT2D eigenvalue weighted by atomic mass is 16.3. The second kappa shape index (κ2) is 7.77. The Bertz CT molecular complexity index is 702. The number of hydrogen-bond donors (Lipinski definition) is 2. The third-order valence-electron chi connectivity index (χ3n) is 4.14. The van der Waals surface area contributed by atoms with E-state index in [0.717, 1.165) is 12.1 Å². The van der Waals surface area contributed by atoms with Crippen molar-refractivity contribution in [3.05, 3.63) is 102 Å². The van der Waals surface area contributed by atoms with Crippen LogP contribution in [0.4, 0.5) is 0 Å². The fourth-order valence-corrected chi connectivity index (χ4v) is 2.91. The van der Waals surface area contributed by atoms with Gasteiger partial charge in [0.25, 0.3) is 0 Å². The van der Waals surface area contributed by atoms with Gasteiger partial charge in [0.05, 0.1) is 0 Å². The zero-order valence-corrected chi connectivity index (χ0v) is 13.5. The lowest BCUT2D eigenvalue weighted by molar-refractivity contribution is 0.265. The lowest BCUT2D eigenvalue weighted by Gasteiger charge is -2.24. The average molecular weight is 318 g/mol. The molecule has 0 aliphatic rings. The molecule has 3 aromatic carbocycles. The number of benzene rings is 3. The standard InChI is InChI=1S/C21H22N2O/c22-23(15-17-11-13-20(24)14-12-17)16-21(18-7-3-1-4-8-18)19-9-5-2-6-10-19/h1-14,21,24H,15-16,22H2. The summed E-state index contributed by atoms with van der Waals surface area (Å²) in [5.74, 6) is 6.78. The summed E-state index contributed by atoms with van der Waals surface area (Å²) in [6.45, 7) is 1.35. The zero-order chi connectivity index (χ0) is 16.8. The molecule has 0 aliphatic heterocycles. The van der Waals surface area contributed by atoms with E-state index in [9.17, 15) is 5.11 Å². The van der Waals surface area contributed by atoms with Gasteiger partial charge in [0.15, 0.2) is 0 Å². The Morgan fingerprint density at radius 2 is 1.25 bits per heavy atom. The highest BCUT2D eigenvalue weighted by Gasteiger charge is 2.16. The van der Waals surface area contributed by atoms with E-state index in [1.165, 1.54) is 11.1 Å². The van der Waals surface area contributed by atoms with Crippen LogP contribution in [0.5, 0.6) is 5.75 Å². The van der Waals surface area contributed by atoms with E-state index >= 15 is 0 Å². The summed E-state index contributed by atoms with van der Waals surface area (Å²) >= 11 is 0. The second-order valence-corrected chi connectivity index (χ2v) is 5.97. The smallest absolute Gasteiger partial charge is 0.115 e. The summed E-state index contributed by atoms with van der Waals surface area (Å²) < 4.78 is 0. The molecule has 0 saturated heterocycles. The van der Waals surface area contributed by atoms with Crippen LogP contribution < -0.4 is 5.84 Å². The predicted octanol–water partition coefficient (Wildman–Crippen LogP) is 3.90. The molecule has 0 fully saturated rings. The molecule has 0 spiro atoms. The summed E-state index contributed by atoms with van der Waals surface area (Å²) in [4.78, 5) is 0. The topological polar surface area (TPSA) is 49.5 Å². The molecule has 0 aromatic heterocycles. The number of rotatable bonds is 6. The maximum Gasteiger partial charge on any atom is 0.115 e. The third-order valence-corrected chi connectivity index (χ3v) is 4.14. The maximum absolute atomic E-state index is 9.39.